The fourth-order valence-electron chi connectivity index (χ4n) is 4.02. The summed E-state index contributed by atoms with van der Waals surface area (Å²) in [6.07, 6.45) is 8.00. The summed E-state index contributed by atoms with van der Waals surface area (Å²) < 4.78 is 0. The number of carbonyl (C=O) groups excluding carboxylic acids is 1. The highest BCUT2D eigenvalue weighted by Gasteiger charge is 2.37. The number of piperidine rings is 1. The Balaban J connectivity index is 1.53. The normalized spacial score (nSPS) is 21.3. The second kappa shape index (κ2) is 8.04. The van der Waals surface area contributed by atoms with Gasteiger partial charge in [-0.25, -0.2) is 5.43 Å². The van der Waals surface area contributed by atoms with Crippen LogP contribution in [0.25, 0.3) is 0 Å². The molecule has 2 heterocycles. The van der Waals surface area contributed by atoms with Gasteiger partial charge in [-0.3, -0.25) is 4.79 Å². The first kappa shape index (κ1) is 18.6. The van der Waals surface area contributed by atoms with E-state index in [1.807, 2.05) is 6.08 Å². The number of amides is 1. The highest BCUT2D eigenvalue weighted by atomic mass is 16.2. The lowest BCUT2D eigenvalue weighted by atomic mass is 9.84. The molecule has 2 aliphatic heterocycles. The van der Waals surface area contributed by atoms with E-state index in [0.717, 1.165) is 19.6 Å². The minimum atomic E-state index is -0.0738. The number of rotatable bonds is 5. The maximum Gasteiger partial charge on any atom is 0.241 e. The van der Waals surface area contributed by atoms with Crippen LogP contribution in [0.2, 0.25) is 0 Å². The summed E-state index contributed by atoms with van der Waals surface area (Å²) in [5, 5.41) is 4.12. The lowest BCUT2D eigenvalue weighted by Gasteiger charge is -2.25. The third-order valence-electron chi connectivity index (χ3n) is 5.54. The van der Waals surface area contributed by atoms with Crippen molar-refractivity contribution in [3.63, 3.8) is 0 Å². The van der Waals surface area contributed by atoms with Gasteiger partial charge in [0, 0.05) is 43.0 Å². The molecular weight excluding hydrogens is 324 g/mol. The van der Waals surface area contributed by atoms with Crippen molar-refractivity contribution >= 4 is 17.8 Å². The molecule has 0 bridgehead atoms. The molecule has 2 aliphatic rings. The second-order valence-electron chi connectivity index (χ2n) is 7.72. The van der Waals surface area contributed by atoms with E-state index >= 15 is 0 Å². The Hall–Kier alpha value is -2.14. The van der Waals surface area contributed by atoms with Crippen LogP contribution in [0.5, 0.6) is 0 Å². The maximum absolute atomic E-state index is 12.0. The first-order valence-electron chi connectivity index (χ1n) is 9.58. The summed E-state index contributed by atoms with van der Waals surface area (Å²) in [6, 6.07) is 8.45. The minimum absolute atomic E-state index is 0.0208. The summed E-state index contributed by atoms with van der Waals surface area (Å²) in [6.45, 7) is 7.49. The van der Waals surface area contributed by atoms with Gasteiger partial charge in [-0.15, -0.1) is 0 Å². The second-order valence-corrected chi connectivity index (χ2v) is 7.72. The Bertz CT molecular complexity index is 702. The molecule has 0 unspecified atom stereocenters. The molecule has 0 aromatic heterocycles. The fraction of sp³-hybridized carbons (Fsp3) is 0.524. The van der Waals surface area contributed by atoms with Crippen molar-refractivity contribution < 1.29 is 4.79 Å². The van der Waals surface area contributed by atoms with Crippen LogP contribution < -0.4 is 10.3 Å². The predicted molar refractivity (Wildman–Crippen MR) is 107 cm³/mol. The van der Waals surface area contributed by atoms with Crippen molar-refractivity contribution in [3.05, 3.63) is 41.6 Å². The molecule has 5 nitrogen and oxygen atoms in total. The molecule has 0 atom stereocenters. The van der Waals surface area contributed by atoms with E-state index < -0.39 is 0 Å². The molecule has 1 amide bonds. The van der Waals surface area contributed by atoms with Gasteiger partial charge in [0.2, 0.25) is 5.91 Å². The predicted octanol–water partition coefficient (Wildman–Crippen LogP) is 3.28. The van der Waals surface area contributed by atoms with Gasteiger partial charge >= 0.3 is 0 Å². The maximum atomic E-state index is 12.0. The average Bonchev–Trinajstić information content (AvgIpc) is 2.85. The smallest absolute Gasteiger partial charge is 0.241 e. The number of benzene rings is 1. The van der Waals surface area contributed by atoms with Crippen LogP contribution in [0.1, 0.15) is 45.1 Å². The number of likely N-dealkylation sites (tertiary alicyclic amines) is 1. The molecule has 1 saturated heterocycles. The quantitative estimate of drug-likeness (QED) is 0.652. The zero-order valence-electron chi connectivity index (χ0n) is 16.2. The summed E-state index contributed by atoms with van der Waals surface area (Å²) in [7, 11) is 2.07. The molecule has 1 fully saturated rings. The lowest BCUT2D eigenvalue weighted by Crippen LogP contribution is -2.33. The molecule has 3 rings (SSSR count). The number of hydrazone groups is 1. The number of allylic oxidation sites excluding steroid dienone is 2. The number of carbonyl (C=O) groups is 1. The van der Waals surface area contributed by atoms with E-state index in [-0.39, 0.29) is 11.3 Å². The molecule has 1 aromatic carbocycles. The third-order valence-corrected chi connectivity index (χ3v) is 5.54. The summed E-state index contributed by atoms with van der Waals surface area (Å²) >= 11 is 0. The van der Waals surface area contributed by atoms with Crippen molar-refractivity contribution in [2.24, 2.45) is 5.10 Å². The molecule has 1 aromatic rings. The molecule has 0 aliphatic carbocycles. The SMILES string of the molecule is CN1/C(=C\C=N\NC(=O)CCN2CCCCC2)C(C)(C)c2ccccc21. The minimum Gasteiger partial charge on any atom is -0.347 e. The number of hydrogen-bond donors (Lipinski definition) is 1. The topological polar surface area (TPSA) is 47.9 Å². The Kier molecular flexibility index (Phi) is 5.77. The molecule has 140 valence electrons. The molecular formula is C21H30N4O. The number of para-hydroxylation sites is 1. The van der Waals surface area contributed by atoms with Crippen molar-refractivity contribution in [2.75, 3.05) is 31.6 Å². The molecule has 26 heavy (non-hydrogen) atoms. The van der Waals surface area contributed by atoms with Gasteiger partial charge in [0.15, 0.2) is 0 Å². The monoisotopic (exact) mass is 354 g/mol. The van der Waals surface area contributed by atoms with E-state index in [1.165, 1.54) is 36.2 Å². The van der Waals surface area contributed by atoms with Crippen molar-refractivity contribution in [1.82, 2.24) is 10.3 Å². The van der Waals surface area contributed by atoms with Crippen molar-refractivity contribution in [2.45, 2.75) is 44.9 Å². The van der Waals surface area contributed by atoms with Gasteiger partial charge in [0.1, 0.15) is 0 Å². The van der Waals surface area contributed by atoms with E-state index in [1.54, 1.807) is 6.21 Å². The first-order valence-corrected chi connectivity index (χ1v) is 9.58. The van der Waals surface area contributed by atoms with Crippen LogP contribution in [0.15, 0.2) is 41.1 Å². The summed E-state index contributed by atoms with van der Waals surface area (Å²) in [5.41, 5.74) is 6.29. The standard InChI is InChI=1S/C21H30N4O/c1-21(2)17-9-5-6-10-18(17)24(3)19(21)11-13-22-23-20(26)12-16-25-14-7-4-8-15-25/h5-6,9-11,13H,4,7-8,12,14-16H2,1-3H3,(H,23,26)/b19-11-,22-13+. The van der Waals surface area contributed by atoms with Crippen molar-refractivity contribution in [1.29, 1.82) is 0 Å². The Labute approximate surface area is 156 Å². The number of anilines is 1. The Morgan fingerprint density at radius 1 is 1.23 bits per heavy atom. The van der Waals surface area contributed by atoms with Gasteiger partial charge in [0.05, 0.1) is 0 Å². The molecule has 0 radical (unpaired) electrons. The number of hydrogen-bond acceptors (Lipinski definition) is 4. The van der Waals surface area contributed by atoms with Crippen LogP contribution >= 0.6 is 0 Å². The van der Waals surface area contributed by atoms with Gasteiger partial charge in [-0.2, -0.15) is 5.10 Å². The average molecular weight is 354 g/mol. The summed E-state index contributed by atoms with van der Waals surface area (Å²) in [5.74, 6) is -0.0208. The van der Waals surface area contributed by atoms with Crippen LogP contribution in [0, 0.1) is 0 Å². The number of likely N-dealkylation sites (N-methyl/N-ethyl adjacent to an activating group) is 1. The van der Waals surface area contributed by atoms with Crippen LogP contribution in [0.4, 0.5) is 5.69 Å². The zero-order chi connectivity index (χ0) is 18.6. The highest BCUT2D eigenvalue weighted by molar-refractivity contribution is 5.81. The Morgan fingerprint density at radius 2 is 1.96 bits per heavy atom. The summed E-state index contributed by atoms with van der Waals surface area (Å²) in [4.78, 5) is 16.5. The van der Waals surface area contributed by atoms with E-state index in [4.69, 9.17) is 0 Å². The zero-order valence-corrected chi connectivity index (χ0v) is 16.2. The largest absolute Gasteiger partial charge is 0.347 e. The first-order chi connectivity index (χ1) is 12.5. The van der Waals surface area contributed by atoms with Gasteiger partial charge in [-0.05, 0) is 43.6 Å². The van der Waals surface area contributed by atoms with Crippen molar-refractivity contribution in [3.8, 4) is 0 Å². The number of fused-ring (bicyclic) bond motifs is 1. The third kappa shape index (κ3) is 3.98. The highest BCUT2D eigenvalue weighted by Crippen LogP contribution is 2.46. The van der Waals surface area contributed by atoms with E-state index in [2.05, 4.69) is 65.5 Å². The molecule has 5 heteroatoms. The van der Waals surface area contributed by atoms with Gasteiger partial charge < -0.3 is 9.80 Å². The van der Waals surface area contributed by atoms with Crippen LogP contribution in [-0.4, -0.2) is 43.7 Å². The van der Waals surface area contributed by atoms with E-state index in [9.17, 15) is 4.79 Å². The van der Waals surface area contributed by atoms with E-state index in [0.29, 0.717) is 6.42 Å². The molecule has 1 N–H and O–H groups in total. The van der Waals surface area contributed by atoms with Crippen LogP contribution in [0.3, 0.4) is 0 Å². The Morgan fingerprint density at radius 3 is 2.69 bits per heavy atom. The van der Waals surface area contributed by atoms with Gasteiger partial charge in [-0.1, -0.05) is 38.5 Å². The number of nitrogens with one attached hydrogen (secondary N) is 1. The lowest BCUT2D eigenvalue weighted by molar-refractivity contribution is -0.121. The van der Waals surface area contributed by atoms with Gasteiger partial charge in [0.25, 0.3) is 0 Å². The molecule has 0 saturated carbocycles. The van der Waals surface area contributed by atoms with Crippen LogP contribution in [-0.2, 0) is 10.2 Å². The number of nitrogens with zero attached hydrogens (tertiary/aromatic N) is 3. The fourth-order valence-corrected chi connectivity index (χ4v) is 4.02. The molecule has 0 spiro atoms.